The van der Waals surface area contributed by atoms with Crippen molar-refractivity contribution in [2.75, 3.05) is 20.3 Å². The van der Waals surface area contributed by atoms with E-state index in [1.165, 1.54) is 4.90 Å². The van der Waals surface area contributed by atoms with E-state index in [9.17, 15) is 9.59 Å². The van der Waals surface area contributed by atoms with E-state index < -0.39 is 5.97 Å². The third-order valence-electron chi connectivity index (χ3n) is 4.41. The van der Waals surface area contributed by atoms with Gasteiger partial charge in [0.25, 0.3) is 5.91 Å². The highest BCUT2D eigenvalue weighted by Crippen LogP contribution is 2.14. The minimum atomic E-state index is -0.521. The third-order valence-corrected chi connectivity index (χ3v) is 4.41. The van der Waals surface area contributed by atoms with Gasteiger partial charge in [-0.05, 0) is 61.0 Å². The summed E-state index contributed by atoms with van der Waals surface area (Å²) < 4.78 is 12.5. The number of carbonyl (C=O) groups excluding carboxylic acids is 2. The van der Waals surface area contributed by atoms with E-state index >= 15 is 0 Å². The maximum atomic E-state index is 12.3. The van der Waals surface area contributed by atoms with Crippen molar-refractivity contribution in [1.29, 1.82) is 0 Å². The molecule has 0 saturated heterocycles. The van der Waals surface area contributed by atoms with Crippen LogP contribution in [0.4, 0.5) is 0 Å². The van der Waals surface area contributed by atoms with Crippen LogP contribution in [0.25, 0.3) is 5.69 Å². The monoisotopic (exact) mass is 392 g/mol. The molecule has 0 aliphatic heterocycles. The summed E-state index contributed by atoms with van der Waals surface area (Å²) in [5, 5.41) is 0. The van der Waals surface area contributed by atoms with Crippen molar-refractivity contribution in [2.24, 2.45) is 0 Å². The largest absolute Gasteiger partial charge is 0.494 e. The Labute approximate surface area is 170 Å². The van der Waals surface area contributed by atoms with Gasteiger partial charge in [-0.1, -0.05) is 12.1 Å². The molecule has 1 amide bonds. The molecule has 0 N–H and O–H groups in total. The fraction of sp³-hybridized carbons (Fsp3) is 0.217. The molecule has 1 heterocycles. The molecule has 1 aromatic heterocycles. The van der Waals surface area contributed by atoms with Gasteiger partial charge < -0.3 is 18.9 Å². The molecule has 0 unspecified atom stereocenters. The van der Waals surface area contributed by atoms with Crippen LogP contribution in [0.1, 0.15) is 22.8 Å². The first-order chi connectivity index (χ1) is 14.1. The van der Waals surface area contributed by atoms with Gasteiger partial charge in [0, 0.05) is 31.7 Å². The number of likely N-dealkylation sites (N-methyl/N-ethyl adjacent to an activating group) is 1. The standard InChI is InChI=1S/C23H24N2O4/c1-3-28-21-12-6-18(7-13-21)16-24(2)22(26)17-29-23(27)19-8-10-20(11-9-19)25-14-4-5-15-25/h4-15H,3,16-17H2,1-2H3. The Morgan fingerprint density at radius 3 is 2.24 bits per heavy atom. The quantitative estimate of drug-likeness (QED) is 0.549. The fourth-order valence-electron chi connectivity index (χ4n) is 2.82. The van der Waals surface area contributed by atoms with Gasteiger partial charge in [0.2, 0.25) is 0 Å². The van der Waals surface area contributed by atoms with Crippen LogP contribution in [0.15, 0.2) is 73.1 Å². The minimum absolute atomic E-state index is 0.267. The second kappa shape index (κ2) is 9.59. The van der Waals surface area contributed by atoms with Crippen LogP contribution >= 0.6 is 0 Å². The lowest BCUT2D eigenvalue weighted by molar-refractivity contribution is -0.133. The zero-order valence-electron chi connectivity index (χ0n) is 16.6. The lowest BCUT2D eigenvalue weighted by atomic mass is 10.2. The number of nitrogens with zero attached hydrogens (tertiary/aromatic N) is 2. The number of esters is 1. The van der Waals surface area contributed by atoms with Crippen LogP contribution in [0.3, 0.4) is 0 Å². The Hall–Kier alpha value is -3.54. The first kappa shape index (κ1) is 20.2. The fourth-order valence-corrected chi connectivity index (χ4v) is 2.82. The maximum absolute atomic E-state index is 12.3. The average Bonchev–Trinajstić information content (AvgIpc) is 3.28. The predicted molar refractivity (Wildman–Crippen MR) is 110 cm³/mol. The van der Waals surface area contributed by atoms with E-state index in [0.717, 1.165) is 17.0 Å². The molecular formula is C23H24N2O4. The smallest absolute Gasteiger partial charge is 0.338 e. The van der Waals surface area contributed by atoms with Crippen LogP contribution in [-0.2, 0) is 16.1 Å². The predicted octanol–water partition coefficient (Wildman–Crippen LogP) is 3.69. The summed E-state index contributed by atoms with van der Waals surface area (Å²) in [6.07, 6.45) is 3.85. The van der Waals surface area contributed by atoms with Crippen molar-refractivity contribution in [1.82, 2.24) is 9.47 Å². The molecule has 6 nitrogen and oxygen atoms in total. The lowest BCUT2D eigenvalue weighted by Gasteiger charge is -2.17. The molecular weight excluding hydrogens is 368 g/mol. The second-order valence-corrected chi connectivity index (χ2v) is 6.54. The van der Waals surface area contributed by atoms with E-state index in [2.05, 4.69) is 0 Å². The number of carbonyl (C=O) groups is 2. The zero-order valence-corrected chi connectivity index (χ0v) is 16.6. The van der Waals surface area contributed by atoms with Gasteiger partial charge in [-0.25, -0.2) is 4.79 Å². The molecule has 0 bridgehead atoms. The second-order valence-electron chi connectivity index (χ2n) is 6.54. The highest BCUT2D eigenvalue weighted by molar-refractivity contribution is 5.91. The molecule has 2 aromatic carbocycles. The van der Waals surface area contributed by atoms with Gasteiger partial charge in [-0.2, -0.15) is 0 Å². The molecule has 0 radical (unpaired) electrons. The van der Waals surface area contributed by atoms with Gasteiger partial charge in [0.1, 0.15) is 5.75 Å². The third kappa shape index (κ3) is 5.48. The van der Waals surface area contributed by atoms with Crippen LogP contribution < -0.4 is 4.74 Å². The van der Waals surface area contributed by atoms with Crippen molar-refractivity contribution in [3.05, 3.63) is 84.2 Å². The molecule has 0 saturated carbocycles. The van der Waals surface area contributed by atoms with E-state index in [-0.39, 0.29) is 12.5 Å². The highest BCUT2D eigenvalue weighted by atomic mass is 16.5. The Balaban J connectivity index is 1.49. The van der Waals surface area contributed by atoms with Crippen LogP contribution in [0.2, 0.25) is 0 Å². The maximum Gasteiger partial charge on any atom is 0.338 e. The first-order valence-electron chi connectivity index (χ1n) is 9.43. The number of hydrogen-bond donors (Lipinski definition) is 0. The van der Waals surface area contributed by atoms with E-state index in [0.29, 0.717) is 18.7 Å². The summed E-state index contributed by atoms with van der Waals surface area (Å²) in [6, 6.07) is 18.4. The van der Waals surface area contributed by atoms with Crippen molar-refractivity contribution < 1.29 is 19.1 Å². The van der Waals surface area contributed by atoms with Gasteiger partial charge in [0.05, 0.1) is 12.2 Å². The summed E-state index contributed by atoms with van der Waals surface area (Å²) in [5.41, 5.74) is 2.32. The molecule has 3 aromatic rings. The molecule has 0 spiro atoms. The summed E-state index contributed by atoms with van der Waals surface area (Å²) in [6.45, 7) is 2.66. The molecule has 150 valence electrons. The van der Waals surface area contributed by atoms with Gasteiger partial charge >= 0.3 is 5.97 Å². The molecule has 0 aliphatic rings. The Bertz CT molecular complexity index is 932. The van der Waals surface area contributed by atoms with Gasteiger partial charge in [-0.15, -0.1) is 0 Å². The Morgan fingerprint density at radius 1 is 0.966 bits per heavy atom. The molecule has 0 fully saturated rings. The Morgan fingerprint density at radius 2 is 1.62 bits per heavy atom. The van der Waals surface area contributed by atoms with E-state index in [1.807, 2.05) is 72.4 Å². The number of aromatic nitrogens is 1. The highest BCUT2D eigenvalue weighted by Gasteiger charge is 2.14. The van der Waals surface area contributed by atoms with Crippen molar-refractivity contribution in [3.63, 3.8) is 0 Å². The number of amides is 1. The topological polar surface area (TPSA) is 60.8 Å². The molecule has 0 atom stereocenters. The molecule has 0 aliphatic carbocycles. The normalized spacial score (nSPS) is 10.4. The molecule has 3 rings (SSSR count). The van der Waals surface area contributed by atoms with Gasteiger partial charge in [-0.3, -0.25) is 4.79 Å². The zero-order chi connectivity index (χ0) is 20.6. The van der Waals surface area contributed by atoms with Crippen molar-refractivity contribution in [3.8, 4) is 11.4 Å². The van der Waals surface area contributed by atoms with Crippen molar-refractivity contribution >= 4 is 11.9 Å². The summed E-state index contributed by atoms with van der Waals surface area (Å²) in [7, 11) is 1.68. The average molecular weight is 392 g/mol. The number of hydrogen-bond acceptors (Lipinski definition) is 4. The molecule has 6 heteroatoms. The van der Waals surface area contributed by atoms with Gasteiger partial charge in [0.15, 0.2) is 6.61 Å². The molecule has 29 heavy (non-hydrogen) atoms. The minimum Gasteiger partial charge on any atom is -0.494 e. The number of benzene rings is 2. The summed E-state index contributed by atoms with van der Waals surface area (Å²) in [5.74, 6) is 0.00465. The van der Waals surface area contributed by atoms with Crippen LogP contribution in [-0.4, -0.2) is 41.6 Å². The SMILES string of the molecule is CCOc1ccc(CN(C)C(=O)COC(=O)c2ccc(-n3cccc3)cc2)cc1. The van der Waals surface area contributed by atoms with E-state index in [1.54, 1.807) is 19.2 Å². The number of ether oxygens (including phenoxy) is 2. The summed E-state index contributed by atoms with van der Waals surface area (Å²) >= 11 is 0. The first-order valence-corrected chi connectivity index (χ1v) is 9.43. The van der Waals surface area contributed by atoms with Crippen LogP contribution in [0, 0.1) is 0 Å². The van der Waals surface area contributed by atoms with Crippen molar-refractivity contribution in [2.45, 2.75) is 13.5 Å². The number of rotatable bonds is 8. The van der Waals surface area contributed by atoms with Crippen LogP contribution in [0.5, 0.6) is 5.75 Å². The van der Waals surface area contributed by atoms with E-state index in [4.69, 9.17) is 9.47 Å². The Kier molecular flexibility index (Phi) is 6.68. The summed E-state index contributed by atoms with van der Waals surface area (Å²) in [4.78, 5) is 26.0. The lowest BCUT2D eigenvalue weighted by Crippen LogP contribution is -2.30.